The third-order valence-electron chi connectivity index (χ3n) is 2.41. The summed E-state index contributed by atoms with van der Waals surface area (Å²) in [5.74, 6) is 0.0578. The molecule has 1 unspecified atom stereocenters. The second-order valence-electron chi connectivity index (χ2n) is 5.06. The number of oxime groups is 1. The van der Waals surface area contributed by atoms with Crippen LogP contribution in [-0.2, 0) is 9.57 Å². The highest BCUT2D eigenvalue weighted by atomic mass is 16.6. The van der Waals surface area contributed by atoms with Crippen LogP contribution in [0.3, 0.4) is 0 Å². The van der Waals surface area contributed by atoms with E-state index < -0.39 is 5.60 Å². The lowest BCUT2D eigenvalue weighted by atomic mass is 10.1. The molecule has 1 aliphatic rings. The quantitative estimate of drug-likeness (QED) is 0.728. The molecule has 0 saturated carbocycles. The van der Waals surface area contributed by atoms with Gasteiger partial charge in [0.05, 0.1) is 12.3 Å². The topological polar surface area (TPSA) is 77.1 Å². The average Bonchev–Trinajstić information content (AvgIpc) is 2.59. The molecule has 17 heavy (non-hydrogen) atoms. The van der Waals surface area contributed by atoms with Crippen molar-refractivity contribution >= 4 is 11.8 Å². The van der Waals surface area contributed by atoms with Crippen LogP contribution in [0.25, 0.3) is 0 Å². The van der Waals surface area contributed by atoms with Gasteiger partial charge in [0.15, 0.2) is 0 Å². The molecular formula is C11H21N3O3. The summed E-state index contributed by atoms with van der Waals surface area (Å²) in [6, 6.07) is 0. The van der Waals surface area contributed by atoms with E-state index in [1.54, 1.807) is 4.90 Å². The van der Waals surface area contributed by atoms with Gasteiger partial charge in [-0.15, -0.1) is 0 Å². The van der Waals surface area contributed by atoms with Crippen LogP contribution in [0.15, 0.2) is 5.16 Å². The minimum absolute atomic E-state index is 0.0578. The number of carbonyl (C=O) groups excluding carboxylic acids is 1. The molecule has 1 fully saturated rings. The first kappa shape index (κ1) is 13.8. The van der Waals surface area contributed by atoms with Crippen molar-refractivity contribution in [3.63, 3.8) is 0 Å². The van der Waals surface area contributed by atoms with E-state index in [4.69, 9.17) is 15.3 Å². The van der Waals surface area contributed by atoms with Crippen molar-refractivity contribution in [2.45, 2.75) is 26.4 Å². The number of amides is 1. The van der Waals surface area contributed by atoms with Gasteiger partial charge in [0.1, 0.15) is 12.7 Å². The normalized spacial score (nSPS) is 23.0. The van der Waals surface area contributed by atoms with Crippen molar-refractivity contribution in [3.8, 4) is 0 Å². The van der Waals surface area contributed by atoms with Gasteiger partial charge < -0.3 is 20.2 Å². The summed E-state index contributed by atoms with van der Waals surface area (Å²) in [6.07, 6.45) is -0.336. The number of hydrogen-bond acceptors (Lipinski definition) is 5. The van der Waals surface area contributed by atoms with Gasteiger partial charge in [-0.3, -0.25) is 0 Å². The summed E-state index contributed by atoms with van der Waals surface area (Å²) in [7, 11) is 1.48. The van der Waals surface area contributed by atoms with Crippen LogP contribution in [0.4, 0.5) is 4.79 Å². The number of hydrogen-bond donors (Lipinski definition) is 1. The first-order valence-corrected chi connectivity index (χ1v) is 5.65. The SMILES string of the molecule is CON=C1CN(C(=O)OC(C)(C)C)CC1CN. The van der Waals surface area contributed by atoms with E-state index in [1.807, 2.05) is 20.8 Å². The summed E-state index contributed by atoms with van der Waals surface area (Å²) in [4.78, 5) is 18.2. The number of nitrogens with two attached hydrogens (primary N) is 1. The highest BCUT2D eigenvalue weighted by Gasteiger charge is 2.34. The molecule has 0 aromatic heterocycles. The van der Waals surface area contributed by atoms with Crippen molar-refractivity contribution < 1.29 is 14.4 Å². The zero-order chi connectivity index (χ0) is 13.1. The molecule has 1 heterocycles. The summed E-state index contributed by atoms with van der Waals surface area (Å²) >= 11 is 0. The van der Waals surface area contributed by atoms with Gasteiger partial charge in [-0.05, 0) is 20.8 Å². The molecule has 1 aliphatic heterocycles. The van der Waals surface area contributed by atoms with E-state index >= 15 is 0 Å². The first-order valence-electron chi connectivity index (χ1n) is 5.65. The molecule has 0 bridgehead atoms. The Morgan fingerprint density at radius 3 is 2.71 bits per heavy atom. The molecule has 1 saturated heterocycles. The van der Waals surface area contributed by atoms with Gasteiger partial charge >= 0.3 is 6.09 Å². The van der Waals surface area contributed by atoms with Gasteiger partial charge in [-0.2, -0.15) is 0 Å². The Morgan fingerprint density at radius 2 is 2.24 bits per heavy atom. The molecule has 0 aliphatic carbocycles. The fourth-order valence-corrected chi connectivity index (χ4v) is 1.66. The molecule has 0 aromatic carbocycles. The Balaban J connectivity index is 2.64. The van der Waals surface area contributed by atoms with Gasteiger partial charge in [-0.1, -0.05) is 5.16 Å². The molecule has 1 amide bonds. The summed E-state index contributed by atoms with van der Waals surface area (Å²) in [6.45, 7) is 6.92. The van der Waals surface area contributed by atoms with E-state index in [1.165, 1.54) is 7.11 Å². The fraction of sp³-hybridized carbons (Fsp3) is 0.818. The number of carbonyl (C=O) groups is 1. The van der Waals surface area contributed by atoms with Crippen molar-refractivity contribution in [2.24, 2.45) is 16.8 Å². The first-order chi connectivity index (χ1) is 7.87. The Hall–Kier alpha value is -1.30. The van der Waals surface area contributed by atoms with E-state index in [9.17, 15) is 4.79 Å². The smallest absolute Gasteiger partial charge is 0.410 e. The third-order valence-corrected chi connectivity index (χ3v) is 2.41. The summed E-state index contributed by atoms with van der Waals surface area (Å²) in [5.41, 5.74) is 5.93. The second-order valence-corrected chi connectivity index (χ2v) is 5.06. The van der Waals surface area contributed by atoms with Crippen LogP contribution < -0.4 is 5.73 Å². The maximum atomic E-state index is 11.8. The minimum Gasteiger partial charge on any atom is -0.444 e. The zero-order valence-corrected chi connectivity index (χ0v) is 10.9. The molecule has 1 rings (SSSR count). The highest BCUT2D eigenvalue weighted by Crippen LogP contribution is 2.17. The van der Waals surface area contributed by atoms with Crippen molar-refractivity contribution in [2.75, 3.05) is 26.7 Å². The lowest BCUT2D eigenvalue weighted by Crippen LogP contribution is -2.35. The number of rotatable bonds is 2. The van der Waals surface area contributed by atoms with Gasteiger partial charge in [0.2, 0.25) is 0 Å². The van der Waals surface area contributed by atoms with Gasteiger partial charge in [0.25, 0.3) is 0 Å². The number of ether oxygens (including phenoxy) is 1. The zero-order valence-electron chi connectivity index (χ0n) is 10.9. The maximum absolute atomic E-state index is 11.8. The maximum Gasteiger partial charge on any atom is 0.410 e. The van der Waals surface area contributed by atoms with Crippen LogP contribution in [-0.4, -0.2) is 49.0 Å². The Bertz CT molecular complexity index is 310. The predicted molar refractivity (Wildman–Crippen MR) is 64.8 cm³/mol. The molecule has 0 spiro atoms. The molecule has 0 radical (unpaired) electrons. The van der Waals surface area contributed by atoms with E-state index in [0.29, 0.717) is 19.6 Å². The van der Waals surface area contributed by atoms with Crippen LogP contribution in [0.5, 0.6) is 0 Å². The van der Waals surface area contributed by atoms with Crippen LogP contribution in [0.2, 0.25) is 0 Å². The van der Waals surface area contributed by atoms with Crippen LogP contribution >= 0.6 is 0 Å². The van der Waals surface area contributed by atoms with Gasteiger partial charge in [0, 0.05) is 19.0 Å². The number of likely N-dealkylation sites (tertiary alicyclic amines) is 1. The fourth-order valence-electron chi connectivity index (χ4n) is 1.66. The average molecular weight is 243 g/mol. The molecule has 2 N–H and O–H groups in total. The van der Waals surface area contributed by atoms with Gasteiger partial charge in [-0.25, -0.2) is 4.79 Å². The van der Waals surface area contributed by atoms with E-state index in [2.05, 4.69) is 5.16 Å². The van der Waals surface area contributed by atoms with Crippen LogP contribution in [0.1, 0.15) is 20.8 Å². The van der Waals surface area contributed by atoms with E-state index in [-0.39, 0.29) is 12.0 Å². The predicted octanol–water partition coefficient (Wildman–Crippen LogP) is 0.814. The molecular weight excluding hydrogens is 222 g/mol. The van der Waals surface area contributed by atoms with Crippen LogP contribution in [0, 0.1) is 5.92 Å². The van der Waals surface area contributed by atoms with Crippen molar-refractivity contribution in [1.29, 1.82) is 0 Å². The Labute approximate surface area is 102 Å². The molecule has 0 aromatic rings. The Morgan fingerprint density at radius 1 is 1.59 bits per heavy atom. The standard InChI is InChI=1S/C11H21N3O3/c1-11(2,3)17-10(15)14-6-8(5-12)9(7-14)13-16-4/h8H,5-7,12H2,1-4H3. The highest BCUT2D eigenvalue weighted by molar-refractivity contribution is 5.93. The monoisotopic (exact) mass is 243 g/mol. The molecule has 1 atom stereocenters. The minimum atomic E-state index is -0.490. The third kappa shape index (κ3) is 3.89. The Kier molecular flexibility index (Phi) is 4.34. The van der Waals surface area contributed by atoms with E-state index in [0.717, 1.165) is 5.71 Å². The largest absolute Gasteiger partial charge is 0.444 e. The lowest BCUT2D eigenvalue weighted by Gasteiger charge is -2.24. The molecule has 98 valence electrons. The van der Waals surface area contributed by atoms with Crippen molar-refractivity contribution in [3.05, 3.63) is 0 Å². The number of nitrogens with zero attached hydrogens (tertiary/aromatic N) is 2. The molecule has 6 nitrogen and oxygen atoms in total. The summed E-state index contributed by atoms with van der Waals surface area (Å²) < 4.78 is 5.29. The summed E-state index contributed by atoms with van der Waals surface area (Å²) in [5, 5.41) is 3.89. The lowest BCUT2D eigenvalue weighted by molar-refractivity contribution is 0.0293. The second kappa shape index (κ2) is 5.35. The molecule has 6 heteroatoms. The van der Waals surface area contributed by atoms with Crippen molar-refractivity contribution in [1.82, 2.24) is 4.90 Å².